The summed E-state index contributed by atoms with van der Waals surface area (Å²) in [6, 6.07) is 10.9. The molecule has 1 heterocycles. The van der Waals surface area contributed by atoms with Crippen molar-refractivity contribution >= 4 is 31.9 Å². The Kier molecular flexibility index (Phi) is 3.98. The number of fused-ring (bicyclic) bond motifs is 1. The van der Waals surface area contributed by atoms with Gasteiger partial charge in [-0.05, 0) is 51.3 Å². The molecule has 3 rings (SSSR count). The number of hydrogen-bond acceptors (Lipinski definition) is 2. The van der Waals surface area contributed by atoms with Crippen LogP contribution in [0.5, 0.6) is 11.5 Å². The van der Waals surface area contributed by atoms with Crippen LogP contribution >= 0.6 is 31.9 Å². The summed E-state index contributed by atoms with van der Waals surface area (Å²) < 4.78 is 25.1. The summed E-state index contributed by atoms with van der Waals surface area (Å²) in [4.78, 5) is -0.0964. The van der Waals surface area contributed by atoms with Gasteiger partial charge in [-0.25, -0.2) is 4.39 Å². The molecule has 0 amide bonds. The second-order valence-corrected chi connectivity index (χ2v) is 6.21. The molecular weight excluding hydrogens is 391 g/mol. The first-order chi connectivity index (χ1) is 9.65. The normalized spacial score (nSPS) is 14.9. The minimum absolute atomic E-state index is 0.0964. The molecule has 20 heavy (non-hydrogen) atoms. The van der Waals surface area contributed by atoms with Gasteiger partial charge in [0.1, 0.15) is 19.0 Å². The Morgan fingerprint density at radius 1 is 0.950 bits per heavy atom. The average molecular weight is 402 g/mol. The smallest absolute Gasteiger partial charge is 0.161 e. The van der Waals surface area contributed by atoms with E-state index in [2.05, 4.69) is 31.9 Å². The molecule has 2 aromatic carbocycles. The Morgan fingerprint density at radius 3 is 2.35 bits per heavy atom. The van der Waals surface area contributed by atoms with E-state index in [4.69, 9.17) is 9.47 Å². The van der Waals surface area contributed by atoms with Crippen molar-refractivity contribution in [2.75, 3.05) is 13.2 Å². The molecule has 2 nitrogen and oxygen atoms in total. The van der Waals surface area contributed by atoms with E-state index < -0.39 is 0 Å². The van der Waals surface area contributed by atoms with Crippen molar-refractivity contribution in [1.82, 2.24) is 0 Å². The van der Waals surface area contributed by atoms with Crippen LogP contribution in [0, 0.1) is 5.82 Å². The molecule has 5 heteroatoms. The predicted octanol–water partition coefficient (Wildman–Crippen LogP) is 4.84. The Morgan fingerprint density at radius 2 is 1.60 bits per heavy atom. The molecule has 0 spiro atoms. The van der Waals surface area contributed by atoms with Gasteiger partial charge in [-0.15, -0.1) is 0 Å². The summed E-state index contributed by atoms with van der Waals surface area (Å²) in [6.45, 7) is 1.12. The fourth-order valence-corrected chi connectivity index (χ4v) is 2.90. The average Bonchev–Trinajstić information content (AvgIpc) is 2.49. The monoisotopic (exact) mass is 400 g/mol. The van der Waals surface area contributed by atoms with Crippen LogP contribution in [-0.2, 0) is 0 Å². The van der Waals surface area contributed by atoms with Crippen LogP contribution < -0.4 is 9.47 Å². The van der Waals surface area contributed by atoms with Gasteiger partial charge in [0.25, 0.3) is 0 Å². The van der Waals surface area contributed by atoms with Crippen LogP contribution in [0.3, 0.4) is 0 Å². The quantitative estimate of drug-likeness (QED) is 0.670. The highest BCUT2D eigenvalue weighted by Gasteiger charge is 2.17. The fourth-order valence-electron chi connectivity index (χ4n) is 2.08. The topological polar surface area (TPSA) is 18.5 Å². The van der Waals surface area contributed by atoms with Gasteiger partial charge in [0.05, 0.1) is 9.30 Å². The summed E-state index contributed by atoms with van der Waals surface area (Å²) in [5.74, 6) is 1.21. The largest absolute Gasteiger partial charge is 0.486 e. The highest BCUT2D eigenvalue weighted by atomic mass is 79.9. The Hall–Kier alpha value is -1.07. The van der Waals surface area contributed by atoms with Gasteiger partial charge >= 0.3 is 0 Å². The van der Waals surface area contributed by atoms with Gasteiger partial charge in [-0.1, -0.05) is 28.1 Å². The lowest BCUT2D eigenvalue weighted by molar-refractivity contribution is 0.171. The molecule has 0 bridgehead atoms. The molecule has 0 aliphatic carbocycles. The minimum atomic E-state index is -0.274. The highest BCUT2D eigenvalue weighted by molar-refractivity contribution is 9.10. The zero-order chi connectivity index (χ0) is 14.1. The number of hydrogen-bond donors (Lipinski definition) is 0. The number of benzene rings is 2. The Bertz CT molecular complexity index is 646. The molecule has 2 aromatic rings. The van der Waals surface area contributed by atoms with Crippen LogP contribution in [0.4, 0.5) is 4.39 Å². The van der Waals surface area contributed by atoms with E-state index in [1.165, 1.54) is 6.07 Å². The third-order valence-electron chi connectivity index (χ3n) is 3.10. The van der Waals surface area contributed by atoms with E-state index in [9.17, 15) is 4.39 Å². The molecule has 0 N–H and O–H groups in total. The number of alkyl halides is 1. The molecule has 0 fully saturated rings. The predicted molar refractivity (Wildman–Crippen MR) is 82.3 cm³/mol. The van der Waals surface area contributed by atoms with Crippen LogP contribution in [0.2, 0.25) is 0 Å². The number of rotatable bonds is 2. The SMILES string of the molecule is Fc1cc(C(Br)c2ccc3c(c2)OCCO3)ccc1Br. The van der Waals surface area contributed by atoms with Gasteiger partial charge in [-0.2, -0.15) is 0 Å². The van der Waals surface area contributed by atoms with Crippen molar-refractivity contribution in [3.05, 3.63) is 57.8 Å². The molecule has 0 saturated heterocycles. The van der Waals surface area contributed by atoms with E-state index in [0.29, 0.717) is 17.7 Å². The van der Waals surface area contributed by atoms with Crippen LogP contribution in [0.1, 0.15) is 16.0 Å². The first-order valence-electron chi connectivity index (χ1n) is 6.14. The van der Waals surface area contributed by atoms with E-state index >= 15 is 0 Å². The van der Waals surface area contributed by atoms with Crippen molar-refractivity contribution in [2.45, 2.75) is 4.83 Å². The lowest BCUT2D eigenvalue weighted by atomic mass is 10.0. The third kappa shape index (κ3) is 2.69. The van der Waals surface area contributed by atoms with Crippen molar-refractivity contribution < 1.29 is 13.9 Å². The van der Waals surface area contributed by atoms with Crippen LogP contribution in [-0.4, -0.2) is 13.2 Å². The molecular formula is C15H11Br2FO2. The summed E-state index contributed by atoms with van der Waals surface area (Å²) in [6.07, 6.45) is 0. The molecule has 104 valence electrons. The maximum absolute atomic E-state index is 13.6. The van der Waals surface area contributed by atoms with Crippen LogP contribution in [0.25, 0.3) is 0 Å². The third-order valence-corrected chi connectivity index (χ3v) is 4.80. The van der Waals surface area contributed by atoms with E-state index in [1.54, 1.807) is 6.07 Å². The van der Waals surface area contributed by atoms with Gasteiger partial charge in [0.15, 0.2) is 11.5 Å². The van der Waals surface area contributed by atoms with E-state index in [1.807, 2.05) is 24.3 Å². The molecule has 1 aliphatic heterocycles. The summed E-state index contributed by atoms with van der Waals surface area (Å²) in [7, 11) is 0. The molecule has 0 radical (unpaired) electrons. The number of halogens is 3. The molecule has 1 unspecified atom stereocenters. The van der Waals surface area contributed by atoms with E-state index in [-0.39, 0.29) is 10.6 Å². The maximum atomic E-state index is 13.6. The second-order valence-electron chi connectivity index (χ2n) is 4.44. The van der Waals surface area contributed by atoms with Crippen molar-refractivity contribution in [3.63, 3.8) is 0 Å². The standard InChI is InChI=1S/C15H11Br2FO2/c16-11-3-1-9(7-12(11)18)15(17)10-2-4-13-14(8-10)20-6-5-19-13/h1-4,7-8,15H,5-6H2. The molecule has 1 aliphatic rings. The van der Waals surface area contributed by atoms with Gasteiger partial charge in [-0.3, -0.25) is 0 Å². The molecule has 0 aromatic heterocycles. The van der Waals surface area contributed by atoms with Crippen molar-refractivity contribution in [1.29, 1.82) is 0 Å². The zero-order valence-corrected chi connectivity index (χ0v) is 13.6. The van der Waals surface area contributed by atoms with Crippen LogP contribution in [0.15, 0.2) is 40.9 Å². The summed E-state index contributed by atoms with van der Waals surface area (Å²) >= 11 is 6.76. The zero-order valence-electron chi connectivity index (χ0n) is 10.4. The molecule has 0 saturated carbocycles. The van der Waals surface area contributed by atoms with Gasteiger partial charge in [0, 0.05) is 0 Å². The lowest BCUT2D eigenvalue weighted by Crippen LogP contribution is -2.15. The number of ether oxygens (including phenoxy) is 2. The second kappa shape index (κ2) is 5.74. The first kappa shape index (κ1) is 13.9. The Balaban J connectivity index is 1.93. The van der Waals surface area contributed by atoms with E-state index in [0.717, 1.165) is 22.6 Å². The minimum Gasteiger partial charge on any atom is -0.486 e. The fraction of sp³-hybridized carbons (Fsp3) is 0.200. The van der Waals surface area contributed by atoms with Crippen molar-refractivity contribution in [2.24, 2.45) is 0 Å². The Labute approximate surface area is 133 Å². The van der Waals surface area contributed by atoms with Gasteiger partial charge < -0.3 is 9.47 Å². The van der Waals surface area contributed by atoms with Crippen molar-refractivity contribution in [3.8, 4) is 11.5 Å². The summed E-state index contributed by atoms with van der Waals surface area (Å²) in [5, 5.41) is 0. The van der Waals surface area contributed by atoms with Gasteiger partial charge in [0.2, 0.25) is 0 Å². The lowest BCUT2D eigenvalue weighted by Gasteiger charge is -2.20. The highest BCUT2D eigenvalue weighted by Crippen LogP contribution is 2.38. The maximum Gasteiger partial charge on any atom is 0.161 e. The summed E-state index contributed by atoms with van der Waals surface area (Å²) in [5.41, 5.74) is 1.85. The molecule has 1 atom stereocenters. The first-order valence-corrected chi connectivity index (χ1v) is 7.84.